The number of rotatable bonds is 5. The first-order chi connectivity index (χ1) is 8.25. The molecule has 0 bridgehead atoms. The molecule has 17 heavy (non-hydrogen) atoms. The molecule has 1 aliphatic heterocycles. The molecule has 0 aromatic heterocycles. The fourth-order valence-electron chi connectivity index (χ4n) is 2.24. The van der Waals surface area contributed by atoms with Gasteiger partial charge in [0.15, 0.2) is 0 Å². The van der Waals surface area contributed by atoms with Crippen molar-refractivity contribution in [3.63, 3.8) is 0 Å². The fraction of sp³-hybridized carbons (Fsp3) is 0.571. The lowest BCUT2D eigenvalue weighted by molar-refractivity contribution is 0.0982. The average Bonchev–Trinajstić information content (AvgIpc) is 2.66. The third-order valence-electron chi connectivity index (χ3n) is 3.41. The van der Waals surface area contributed by atoms with Crippen LogP contribution in [0.2, 0.25) is 0 Å². The minimum atomic E-state index is 0.337. The van der Waals surface area contributed by atoms with Crippen LogP contribution in [0.25, 0.3) is 0 Å². The molecule has 1 aromatic carbocycles. The van der Waals surface area contributed by atoms with E-state index in [4.69, 9.17) is 10.5 Å². The molecule has 0 aliphatic carbocycles. The first kappa shape index (κ1) is 12.6. The first-order valence-corrected chi connectivity index (χ1v) is 6.35. The third-order valence-corrected chi connectivity index (χ3v) is 3.41. The number of nitrogens with two attached hydrogens (primary N) is 1. The summed E-state index contributed by atoms with van der Waals surface area (Å²) in [6, 6.07) is 10.6. The minimum Gasteiger partial charge on any atom is -0.375 e. The highest BCUT2D eigenvalue weighted by Gasteiger charge is 2.25. The summed E-state index contributed by atoms with van der Waals surface area (Å²) in [5.41, 5.74) is 7.22. The molecule has 1 aromatic rings. The zero-order valence-corrected chi connectivity index (χ0v) is 10.5. The summed E-state index contributed by atoms with van der Waals surface area (Å²) in [6.45, 7) is 6.82. The van der Waals surface area contributed by atoms with Gasteiger partial charge >= 0.3 is 0 Å². The van der Waals surface area contributed by atoms with Crippen LogP contribution in [0.3, 0.4) is 0 Å². The van der Waals surface area contributed by atoms with Crippen molar-refractivity contribution in [1.29, 1.82) is 0 Å². The molecule has 1 aliphatic rings. The van der Waals surface area contributed by atoms with Gasteiger partial charge in [-0.3, -0.25) is 4.90 Å². The van der Waals surface area contributed by atoms with Crippen LogP contribution in [0.1, 0.15) is 12.5 Å². The molecule has 94 valence electrons. The van der Waals surface area contributed by atoms with Crippen molar-refractivity contribution in [2.24, 2.45) is 11.7 Å². The van der Waals surface area contributed by atoms with Gasteiger partial charge in [0.1, 0.15) is 0 Å². The Morgan fingerprint density at radius 3 is 2.71 bits per heavy atom. The number of benzene rings is 1. The Hall–Kier alpha value is -0.900. The number of ether oxygens (including phenoxy) is 1. The van der Waals surface area contributed by atoms with Gasteiger partial charge in [0, 0.05) is 25.7 Å². The van der Waals surface area contributed by atoms with E-state index in [2.05, 4.69) is 24.0 Å². The van der Waals surface area contributed by atoms with Gasteiger partial charge in [0.05, 0.1) is 13.2 Å². The molecule has 2 unspecified atom stereocenters. The van der Waals surface area contributed by atoms with Gasteiger partial charge in [-0.15, -0.1) is 0 Å². The summed E-state index contributed by atoms with van der Waals surface area (Å²) in [5, 5.41) is 0. The standard InChI is InChI=1S/C14H22N2O/c1-12-9-16(10-14(12)15)7-8-17-11-13-5-3-2-4-6-13/h2-6,12,14H,7-11,15H2,1H3. The summed E-state index contributed by atoms with van der Waals surface area (Å²) < 4.78 is 5.67. The molecule has 0 amide bonds. The lowest BCUT2D eigenvalue weighted by Gasteiger charge is -2.15. The van der Waals surface area contributed by atoms with Gasteiger partial charge in [-0.1, -0.05) is 37.3 Å². The van der Waals surface area contributed by atoms with E-state index in [-0.39, 0.29) is 0 Å². The lowest BCUT2D eigenvalue weighted by Crippen LogP contribution is -2.30. The Kier molecular flexibility index (Phi) is 4.54. The van der Waals surface area contributed by atoms with Gasteiger partial charge in [-0.05, 0) is 11.5 Å². The predicted octanol–water partition coefficient (Wildman–Crippen LogP) is 1.48. The highest BCUT2D eigenvalue weighted by atomic mass is 16.5. The second kappa shape index (κ2) is 6.15. The van der Waals surface area contributed by atoms with E-state index in [0.717, 1.165) is 26.2 Å². The molecule has 0 saturated carbocycles. The molecule has 1 heterocycles. The maximum absolute atomic E-state index is 5.98. The Bertz CT molecular complexity index is 318. The number of likely N-dealkylation sites (tertiary alicyclic amines) is 1. The van der Waals surface area contributed by atoms with Crippen LogP contribution in [-0.2, 0) is 11.3 Å². The van der Waals surface area contributed by atoms with E-state index in [1.54, 1.807) is 0 Å². The van der Waals surface area contributed by atoms with Gasteiger partial charge in [0.25, 0.3) is 0 Å². The Balaban J connectivity index is 1.61. The van der Waals surface area contributed by atoms with Crippen LogP contribution in [0, 0.1) is 5.92 Å². The molecular formula is C14H22N2O. The van der Waals surface area contributed by atoms with Gasteiger partial charge in [0.2, 0.25) is 0 Å². The zero-order valence-electron chi connectivity index (χ0n) is 10.5. The molecule has 3 nitrogen and oxygen atoms in total. The maximum Gasteiger partial charge on any atom is 0.0717 e. The lowest BCUT2D eigenvalue weighted by atomic mass is 10.1. The highest BCUT2D eigenvalue weighted by molar-refractivity contribution is 5.13. The van der Waals surface area contributed by atoms with E-state index < -0.39 is 0 Å². The highest BCUT2D eigenvalue weighted by Crippen LogP contribution is 2.13. The minimum absolute atomic E-state index is 0.337. The summed E-state index contributed by atoms with van der Waals surface area (Å²) >= 11 is 0. The molecule has 0 radical (unpaired) electrons. The Morgan fingerprint density at radius 2 is 2.06 bits per heavy atom. The molecule has 3 heteroatoms. The average molecular weight is 234 g/mol. The smallest absolute Gasteiger partial charge is 0.0717 e. The van der Waals surface area contributed by atoms with Crippen molar-refractivity contribution in [3.05, 3.63) is 35.9 Å². The summed E-state index contributed by atoms with van der Waals surface area (Å²) in [4.78, 5) is 2.39. The van der Waals surface area contributed by atoms with Crippen LogP contribution >= 0.6 is 0 Å². The van der Waals surface area contributed by atoms with E-state index in [1.807, 2.05) is 18.2 Å². The monoisotopic (exact) mass is 234 g/mol. The van der Waals surface area contributed by atoms with E-state index in [0.29, 0.717) is 18.6 Å². The molecular weight excluding hydrogens is 212 g/mol. The summed E-state index contributed by atoms with van der Waals surface area (Å²) in [7, 11) is 0. The summed E-state index contributed by atoms with van der Waals surface area (Å²) in [6.07, 6.45) is 0. The van der Waals surface area contributed by atoms with Crippen molar-refractivity contribution >= 4 is 0 Å². The van der Waals surface area contributed by atoms with Gasteiger partial charge in [-0.2, -0.15) is 0 Å². The van der Waals surface area contributed by atoms with Crippen molar-refractivity contribution in [2.45, 2.75) is 19.6 Å². The predicted molar refractivity (Wildman–Crippen MR) is 69.7 cm³/mol. The largest absolute Gasteiger partial charge is 0.375 e. The maximum atomic E-state index is 5.98. The topological polar surface area (TPSA) is 38.5 Å². The SMILES string of the molecule is CC1CN(CCOCc2ccccc2)CC1N. The van der Waals surface area contributed by atoms with Crippen LogP contribution in [-0.4, -0.2) is 37.2 Å². The second-order valence-corrected chi connectivity index (χ2v) is 4.94. The van der Waals surface area contributed by atoms with Crippen molar-refractivity contribution < 1.29 is 4.74 Å². The van der Waals surface area contributed by atoms with Crippen LogP contribution in [0.15, 0.2) is 30.3 Å². The third kappa shape index (κ3) is 3.80. The van der Waals surface area contributed by atoms with E-state index >= 15 is 0 Å². The zero-order chi connectivity index (χ0) is 12.1. The fourth-order valence-corrected chi connectivity index (χ4v) is 2.24. The number of hydrogen-bond donors (Lipinski definition) is 1. The second-order valence-electron chi connectivity index (χ2n) is 4.94. The molecule has 1 fully saturated rings. The molecule has 2 rings (SSSR count). The van der Waals surface area contributed by atoms with Crippen LogP contribution in [0.4, 0.5) is 0 Å². The van der Waals surface area contributed by atoms with Crippen molar-refractivity contribution in [1.82, 2.24) is 4.90 Å². The molecule has 2 N–H and O–H groups in total. The molecule has 0 spiro atoms. The Morgan fingerprint density at radius 1 is 1.29 bits per heavy atom. The number of hydrogen-bond acceptors (Lipinski definition) is 3. The van der Waals surface area contributed by atoms with Gasteiger partial charge in [-0.25, -0.2) is 0 Å². The van der Waals surface area contributed by atoms with Crippen LogP contribution < -0.4 is 5.73 Å². The van der Waals surface area contributed by atoms with Gasteiger partial charge < -0.3 is 10.5 Å². The molecule has 1 saturated heterocycles. The number of nitrogens with zero attached hydrogens (tertiary/aromatic N) is 1. The molecule has 2 atom stereocenters. The normalized spacial score (nSPS) is 25.3. The Labute approximate surface area is 104 Å². The van der Waals surface area contributed by atoms with Crippen LogP contribution in [0.5, 0.6) is 0 Å². The van der Waals surface area contributed by atoms with E-state index in [1.165, 1.54) is 5.56 Å². The quantitative estimate of drug-likeness (QED) is 0.784. The summed E-state index contributed by atoms with van der Waals surface area (Å²) in [5.74, 6) is 0.615. The van der Waals surface area contributed by atoms with Crippen molar-refractivity contribution in [3.8, 4) is 0 Å². The van der Waals surface area contributed by atoms with Crippen molar-refractivity contribution in [2.75, 3.05) is 26.2 Å². The first-order valence-electron chi connectivity index (χ1n) is 6.35. The van der Waals surface area contributed by atoms with E-state index in [9.17, 15) is 0 Å².